The molecule has 0 spiro atoms. The van der Waals surface area contributed by atoms with E-state index in [1.54, 1.807) is 0 Å². The zero-order valence-corrected chi connectivity index (χ0v) is 12.5. The minimum Gasteiger partial charge on any atom is -0.384 e. The van der Waals surface area contributed by atoms with Crippen LogP contribution in [0.3, 0.4) is 0 Å². The molecule has 0 aliphatic heterocycles. The van der Waals surface area contributed by atoms with Gasteiger partial charge in [-0.25, -0.2) is 0 Å². The molecule has 0 rings (SSSR count). The van der Waals surface area contributed by atoms with E-state index >= 15 is 0 Å². The molecular formula is C15H30N2. The number of hydrogen-bond donors (Lipinski definition) is 2. The van der Waals surface area contributed by atoms with Crippen molar-refractivity contribution < 1.29 is 0 Å². The van der Waals surface area contributed by atoms with Gasteiger partial charge >= 0.3 is 0 Å². The van der Waals surface area contributed by atoms with Crippen molar-refractivity contribution >= 4 is 0 Å². The van der Waals surface area contributed by atoms with Crippen molar-refractivity contribution in [1.29, 1.82) is 0 Å². The van der Waals surface area contributed by atoms with Gasteiger partial charge in [-0.1, -0.05) is 25.2 Å². The first-order valence-corrected chi connectivity index (χ1v) is 6.62. The summed E-state index contributed by atoms with van der Waals surface area (Å²) in [5.74, 6) is 0. The van der Waals surface area contributed by atoms with Crippen LogP contribution >= 0.6 is 0 Å². The molecule has 0 aromatic rings. The third-order valence-electron chi connectivity index (χ3n) is 2.66. The molecule has 0 radical (unpaired) electrons. The Bertz CT molecular complexity index is 259. The van der Waals surface area contributed by atoms with Crippen LogP contribution in [0.4, 0.5) is 0 Å². The van der Waals surface area contributed by atoms with Crippen LogP contribution in [0, 0.1) is 0 Å². The molecule has 2 heteroatoms. The van der Waals surface area contributed by atoms with Gasteiger partial charge in [-0.05, 0) is 54.0 Å². The fraction of sp³-hybridized carbons (Fsp3) is 0.733. The van der Waals surface area contributed by atoms with Gasteiger partial charge in [0, 0.05) is 17.3 Å². The molecule has 2 nitrogen and oxygen atoms in total. The second-order valence-electron chi connectivity index (χ2n) is 5.74. The molecule has 0 bridgehead atoms. The maximum atomic E-state index is 4.06. The lowest BCUT2D eigenvalue weighted by atomic mass is 10.1. The van der Waals surface area contributed by atoms with Gasteiger partial charge in [0.1, 0.15) is 0 Å². The van der Waals surface area contributed by atoms with Crippen LogP contribution in [0.2, 0.25) is 0 Å². The van der Waals surface area contributed by atoms with Crippen LogP contribution in [-0.2, 0) is 0 Å². The molecule has 0 heterocycles. The first kappa shape index (κ1) is 16.2. The van der Waals surface area contributed by atoms with Crippen LogP contribution in [0.25, 0.3) is 0 Å². The number of nitrogens with one attached hydrogen (secondary N) is 2. The molecule has 0 aliphatic carbocycles. The van der Waals surface area contributed by atoms with E-state index in [2.05, 4.69) is 64.8 Å². The Morgan fingerprint density at radius 1 is 1.35 bits per heavy atom. The van der Waals surface area contributed by atoms with Crippen molar-refractivity contribution in [3.05, 3.63) is 23.9 Å². The van der Waals surface area contributed by atoms with Crippen LogP contribution in [0.5, 0.6) is 0 Å². The summed E-state index contributed by atoms with van der Waals surface area (Å²) in [7, 11) is 0. The fourth-order valence-electron chi connectivity index (χ4n) is 1.71. The smallest absolute Gasteiger partial charge is 0.0286 e. The summed E-state index contributed by atoms with van der Waals surface area (Å²) in [6.45, 7) is 18.1. The number of hydrogen-bond acceptors (Lipinski definition) is 2. The summed E-state index contributed by atoms with van der Waals surface area (Å²) in [5, 5.41) is 6.82. The van der Waals surface area contributed by atoms with Crippen LogP contribution < -0.4 is 10.6 Å². The zero-order chi connectivity index (χ0) is 13.5. The van der Waals surface area contributed by atoms with Crippen LogP contribution in [0.1, 0.15) is 54.4 Å². The minimum absolute atomic E-state index is 0.118. The quantitative estimate of drug-likeness (QED) is 0.662. The summed E-state index contributed by atoms with van der Waals surface area (Å²) >= 11 is 0. The van der Waals surface area contributed by atoms with Crippen molar-refractivity contribution in [3.8, 4) is 0 Å². The van der Waals surface area contributed by atoms with Gasteiger partial charge in [-0.2, -0.15) is 0 Å². The monoisotopic (exact) mass is 238 g/mol. The lowest BCUT2D eigenvalue weighted by molar-refractivity contribution is 0.465. The number of likely N-dealkylation sites (N-methyl/N-ethyl adjacent to an activating group) is 1. The summed E-state index contributed by atoms with van der Waals surface area (Å²) in [6, 6.07) is 0.476. The Balaban J connectivity index is 3.97. The van der Waals surface area contributed by atoms with E-state index in [4.69, 9.17) is 0 Å². The standard InChI is InChI=1S/C15H30N2/c1-8-16-14(4)12(2)10-9-11-13(3)17-15(5,6)7/h10,14,16-17H,3,8-9,11H2,1-2,4-7H3/b12-10+. The maximum absolute atomic E-state index is 4.06. The molecule has 1 atom stereocenters. The molecule has 0 aromatic carbocycles. The Kier molecular flexibility index (Phi) is 7.21. The average molecular weight is 238 g/mol. The lowest BCUT2D eigenvalue weighted by Crippen LogP contribution is -2.34. The highest BCUT2D eigenvalue weighted by molar-refractivity contribution is 5.08. The summed E-state index contributed by atoms with van der Waals surface area (Å²) in [4.78, 5) is 0. The van der Waals surface area contributed by atoms with E-state index in [0.717, 1.165) is 25.1 Å². The van der Waals surface area contributed by atoms with Gasteiger partial charge in [-0.15, -0.1) is 0 Å². The van der Waals surface area contributed by atoms with E-state index in [9.17, 15) is 0 Å². The van der Waals surface area contributed by atoms with Crippen molar-refractivity contribution in [1.82, 2.24) is 10.6 Å². The Labute approximate surface area is 108 Å². The van der Waals surface area contributed by atoms with Crippen molar-refractivity contribution in [2.75, 3.05) is 6.54 Å². The molecule has 2 N–H and O–H groups in total. The van der Waals surface area contributed by atoms with Gasteiger partial charge in [-0.3, -0.25) is 0 Å². The molecule has 0 amide bonds. The topological polar surface area (TPSA) is 24.1 Å². The van der Waals surface area contributed by atoms with Gasteiger partial charge in [0.15, 0.2) is 0 Å². The third-order valence-corrected chi connectivity index (χ3v) is 2.66. The Morgan fingerprint density at radius 3 is 2.41 bits per heavy atom. The van der Waals surface area contributed by atoms with E-state index in [1.165, 1.54) is 5.57 Å². The Morgan fingerprint density at radius 2 is 1.94 bits per heavy atom. The average Bonchev–Trinajstić information content (AvgIpc) is 2.14. The van der Waals surface area contributed by atoms with E-state index in [1.807, 2.05) is 0 Å². The highest BCUT2D eigenvalue weighted by atomic mass is 15.0. The normalized spacial score (nSPS) is 14.6. The number of rotatable bonds is 7. The number of allylic oxidation sites excluding steroid dienone is 2. The molecule has 0 fully saturated rings. The second-order valence-corrected chi connectivity index (χ2v) is 5.74. The van der Waals surface area contributed by atoms with Crippen LogP contribution in [0.15, 0.2) is 23.9 Å². The first-order chi connectivity index (χ1) is 7.76. The first-order valence-electron chi connectivity index (χ1n) is 6.62. The van der Waals surface area contributed by atoms with Gasteiger partial charge < -0.3 is 10.6 Å². The van der Waals surface area contributed by atoms with E-state index in [-0.39, 0.29) is 5.54 Å². The molecule has 0 saturated carbocycles. The zero-order valence-electron chi connectivity index (χ0n) is 12.5. The highest BCUT2D eigenvalue weighted by Crippen LogP contribution is 2.10. The van der Waals surface area contributed by atoms with Gasteiger partial charge in [0.05, 0.1) is 0 Å². The predicted octanol–water partition coefficient (Wildman–Crippen LogP) is 3.61. The largest absolute Gasteiger partial charge is 0.384 e. The highest BCUT2D eigenvalue weighted by Gasteiger charge is 2.09. The summed E-state index contributed by atoms with van der Waals surface area (Å²) in [6.07, 6.45) is 4.37. The molecule has 1 unspecified atom stereocenters. The molecule has 0 aliphatic rings. The van der Waals surface area contributed by atoms with Crippen molar-refractivity contribution in [3.63, 3.8) is 0 Å². The van der Waals surface area contributed by atoms with E-state index in [0.29, 0.717) is 6.04 Å². The summed E-state index contributed by atoms with van der Waals surface area (Å²) < 4.78 is 0. The maximum Gasteiger partial charge on any atom is 0.0286 e. The minimum atomic E-state index is 0.118. The Hall–Kier alpha value is -0.760. The second kappa shape index (κ2) is 7.54. The van der Waals surface area contributed by atoms with Crippen LogP contribution in [-0.4, -0.2) is 18.1 Å². The molecule has 100 valence electrons. The SMILES string of the molecule is C=C(CC/C=C(\C)C(C)NCC)NC(C)(C)C. The van der Waals surface area contributed by atoms with Crippen molar-refractivity contribution in [2.45, 2.75) is 66.0 Å². The molecule has 0 saturated heterocycles. The van der Waals surface area contributed by atoms with Gasteiger partial charge in [0.25, 0.3) is 0 Å². The third kappa shape index (κ3) is 8.99. The van der Waals surface area contributed by atoms with Gasteiger partial charge in [0.2, 0.25) is 0 Å². The molecular weight excluding hydrogens is 208 g/mol. The van der Waals surface area contributed by atoms with E-state index < -0.39 is 0 Å². The molecule has 0 aromatic heterocycles. The fourth-order valence-corrected chi connectivity index (χ4v) is 1.71. The predicted molar refractivity (Wildman–Crippen MR) is 78.2 cm³/mol. The lowest BCUT2D eigenvalue weighted by Gasteiger charge is -2.23. The summed E-state index contributed by atoms with van der Waals surface area (Å²) in [5.41, 5.74) is 2.65. The van der Waals surface area contributed by atoms with Crippen molar-refractivity contribution in [2.24, 2.45) is 0 Å². The molecule has 17 heavy (non-hydrogen) atoms.